The van der Waals surface area contributed by atoms with Crippen molar-refractivity contribution in [2.45, 2.75) is 6.61 Å². The Hall–Kier alpha value is -3.21. The van der Waals surface area contributed by atoms with Crippen LogP contribution >= 0.6 is 8.69 Å². The number of benzene rings is 4. The van der Waals surface area contributed by atoms with E-state index < -0.39 is 6.92 Å². The van der Waals surface area contributed by atoms with Gasteiger partial charge in [0.15, 0.2) is 0 Å². The number of aliphatic hydroxyl groups excluding tert-OH is 1. The van der Waals surface area contributed by atoms with E-state index in [-0.39, 0.29) is 22.2 Å². The standard InChI is InChI=1S/C26H23B2O5P/c1-31-27(22-9-7-20(19-29)8-10-22)23-11-15-25(16-12-23)32-26-17-13-24(14-18-26)28(33-34-30)21-5-3-2-4-6-21/h2-18,29H,19H2,1H3. The lowest BCUT2D eigenvalue weighted by Crippen LogP contribution is -2.44. The van der Waals surface area contributed by atoms with Crippen molar-refractivity contribution < 1.29 is 23.5 Å². The maximum atomic E-state index is 11.1. The average molecular weight is 468 g/mol. The lowest BCUT2D eigenvalue weighted by Gasteiger charge is -2.14. The second-order valence-electron chi connectivity index (χ2n) is 7.73. The summed E-state index contributed by atoms with van der Waals surface area (Å²) in [6.07, 6.45) is 0. The molecule has 0 aliphatic heterocycles. The highest BCUT2D eigenvalue weighted by Gasteiger charge is 2.22. The van der Waals surface area contributed by atoms with E-state index in [1.165, 1.54) is 0 Å². The molecule has 0 amide bonds. The molecule has 0 aliphatic carbocycles. The van der Waals surface area contributed by atoms with Gasteiger partial charge in [-0.25, -0.2) is 4.57 Å². The maximum absolute atomic E-state index is 11.1. The molecule has 0 spiro atoms. The Morgan fingerprint density at radius 1 is 0.676 bits per heavy atom. The number of hydrogen-bond donors (Lipinski definition) is 1. The summed E-state index contributed by atoms with van der Waals surface area (Å²) in [6, 6.07) is 32.7. The Morgan fingerprint density at radius 2 is 1.15 bits per heavy atom. The van der Waals surface area contributed by atoms with Gasteiger partial charge in [-0.15, -0.1) is 0 Å². The van der Waals surface area contributed by atoms with Gasteiger partial charge in [-0.1, -0.05) is 78.9 Å². The summed E-state index contributed by atoms with van der Waals surface area (Å²) in [5, 5.41) is 9.25. The fourth-order valence-electron chi connectivity index (χ4n) is 3.80. The highest BCUT2D eigenvalue weighted by Crippen LogP contribution is 2.20. The first-order valence-corrected chi connectivity index (χ1v) is 11.6. The van der Waals surface area contributed by atoms with Crippen LogP contribution in [0.3, 0.4) is 0 Å². The Kier molecular flexibility index (Phi) is 8.29. The number of rotatable bonds is 10. The van der Waals surface area contributed by atoms with Gasteiger partial charge in [0.05, 0.1) is 6.61 Å². The molecule has 0 saturated heterocycles. The number of aliphatic hydroxyl groups is 1. The predicted octanol–water partition coefficient (Wildman–Crippen LogP) is 3.05. The minimum absolute atomic E-state index is 0.0170. The predicted molar refractivity (Wildman–Crippen MR) is 138 cm³/mol. The summed E-state index contributed by atoms with van der Waals surface area (Å²) in [7, 11) is 1.30. The van der Waals surface area contributed by atoms with E-state index >= 15 is 0 Å². The molecule has 0 saturated carbocycles. The van der Waals surface area contributed by atoms with Crippen molar-refractivity contribution in [3.05, 3.63) is 109 Å². The van der Waals surface area contributed by atoms with Crippen molar-refractivity contribution >= 4 is 44.4 Å². The summed E-state index contributed by atoms with van der Waals surface area (Å²) >= 11 is 0. The first kappa shape index (κ1) is 23.9. The van der Waals surface area contributed by atoms with Gasteiger partial charge in [0.1, 0.15) is 11.5 Å². The van der Waals surface area contributed by atoms with Gasteiger partial charge < -0.3 is 18.9 Å². The summed E-state index contributed by atoms with van der Waals surface area (Å²) in [5.41, 5.74) is 4.68. The van der Waals surface area contributed by atoms with Crippen molar-refractivity contribution in [2.75, 3.05) is 7.11 Å². The second kappa shape index (κ2) is 11.8. The van der Waals surface area contributed by atoms with Gasteiger partial charge in [0.2, 0.25) is 0 Å². The van der Waals surface area contributed by atoms with Gasteiger partial charge in [-0.05, 0) is 51.7 Å². The van der Waals surface area contributed by atoms with E-state index in [2.05, 4.69) is 0 Å². The van der Waals surface area contributed by atoms with Crippen LogP contribution in [0.1, 0.15) is 5.56 Å². The zero-order valence-corrected chi connectivity index (χ0v) is 19.6. The van der Waals surface area contributed by atoms with Crippen molar-refractivity contribution in [3.63, 3.8) is 0 Å². The van der Waals surface area contributed by atoms with Gasteiger partial charge in [0.25, 0.3) is 0 Å². The van der Waals surface area contributed by atoms with Crippen molar-refractivity contribution in [2.24, 2.45) is 0 Å². The van der Waals surface area contributed by atoms with Gasteiger partial charge >= 0.3 is 22.5 Å². The van der Waals surface area contributed by atoms with E-state index in [9.17, 15) is 9.67 Å². The molecule has 4 aromatic rings. The Labute approximate surface area is 201 Å². The fourth-order valence-corrected chi connectivity index (χ4v) is 4.13. The van der Waals surface area contributed by atoms with Crippen LogP contribution in [0.15, 0.2) is 103 Å². The SMILES string of the molecule is COB(c1ccc(CO)cc1)c1ccc(Oc2ccc(B(OP=O)c3ccccc3)cc2)cc1. The molecule has 0 bridgehead atoms. The second-order valence-corrected chi connectivity index (χ2v) is 8.09. The molecule has 0 fully saturated rings. The molecule has 0 heterocycles. The lowest BCUT2D eigenvalue weighted by molar-refractivity contribution is 0.282. The third kappa shape index (κ3) is 5.82. The number of hydrogen-bond acceptors (Lipinski definition) is 5. The molecule has 34 heavy (non-hydrogen) atoms. The zero-order valence-electron chi connectivity index (χ0n) is 18.7. The molecule has 1 N–H and O–H groups in total. The molecule has 0 aliphatic rings. The summed E-state index contributed by atoms with van der Waals surface area (Å²) in [5.74, 6) is 1.39. The molecule has 5 nitrogen and oxygen atoms in total. The maximum Gasteiger partial charge on any atom is 0.376 e. The molecule has 0 radical (unpaired) electrons. The fraction of sp³-hybridized carbons (Fsp3) is 0.0769. The number of ether oxygens (including phenoxy) is 1. The third-order valence-corrected chi connectivity index (χ3v) is 5.85. The highest BCUT2D eigenvalue weighted by molar-refractivity contribution is 7.21. The van der Waals surface area contributed by atoms with Crippen LogP contribution in [-0.4, -0.2) is 26.0 Å². The minimum Gasteiger partial charge on any atom is -0.457 e. The van der Waals surface area contributed by atoms with Gasteiger partial charge in [-0.2, -0.15) is 0 Å². The molecule has 0 unspecified atom stereocenters. The first-order chi connectivity index (χ1) is 16.7. The first-order valence-electron chi connectivity index (χ1n) is 10.9. The third-order valence-electron chi connectivity index (χ3n) is 5.55. The van der Waals surface area contributed by atoms with Crippen molar-refractivity contribution in [3.8, 4) is 11.5 Å². The molecule has 4 rings (SSSR count). The summed E-state index contributed by atoms with van der Waals surface area (Å²) < 4.78 is 28.3. The monoisotopic (exact) mass is 468 g/mol. The lowest BCUT2D eigenvalue weighted by atomic mass is 9.55. The van der Waals surface area contributed by atoms with E-state index in [1.54, 1.807) is 7.11 Å². The van der Waals surface area contributed by atoms with Crippen LogP contribution in [0.4, 0.5) is 0 Å². The molecule has 8 heteroatoms. The van der Waals surface area contributed by atoms with Crippen LogP contribution in [0, 0.1) is 0 Å². The molecule has 4 aromatic carbocycles. The molecule has 0 aromatic heterocycles. The Bertz CT molecular complexity index is 1190. The van der Waals surface area contributed by atoms with Gasteiger partial charge in [0, 0.05) is 7.11 Å². The van der Waals surface area contributed by atoms with E-state index in [1.807, 2.05) is 103 Å². The van der Waals surface area contributed by atoms with Crippen LogP contribution < -0.4 is 26.6 Å². The average Bonchev–Trinajstić information content (AvgIpc) is 2.90. The highest BCUT2D eigenvalue weighted by atomic mass is 31.1. The smallest absolute Gasteiger partial charge is 0.376 e. The van der Waals surface area contributed by atoms with Crippen LogP contribution in [0.2, 0.25) is 0 Å². The molecular formula is C26H23B2O5P. The van der Waals surface area contributed by atoms with Crippen LogP contribution in [-0.2, 0) is 20.3 Å². The van der Waals surface area contributed by atoms with E-state index in [0.29, 0.717) is 11.5 Å². The Balaban J connectivity index is 1.46. The Morgan fingerprint density at radius 3 is 1.62 bits per heavy atom. The quantitative estimate of drug-likeness (QED) is 0.287. The normalized spacial score (nSPS) is 10.8. The van der Waals surface area contributed by atoms with Crippen LogP contribution in [0.5, 0.6) is 11.5 Å². The largest absolute Gasteiger partial charge is 0.457 e. The van der Waals surface area contributed by atoms with Crippen molar-refractivity contribution in [1.82, 2.24) is 0 Å². The van der Waals surface area contributed by atoms with E-state index in [0.717, 1.165) is 27.4 Å². The van der Waals surface area contributed by atoms with Crippen LogP contribution in [0.25, 0.3) is 0 Å². The summed E-state index contributed by atoms with van der Waals surface area (Å²) in [4.78, 5) is 0. The molecular weight excluding hydrogens is 445 g/mol. The van der Waals surface area contributed by atoms with E-state index in [4.69, 9.17) is 13.8 Å². The summed E-state index contributed by atoms with van der Waals surface area (Å²) in [6.45, 7) is -0.620. The minimum atomic E-state index is -0.425. The topological polar surface area (TPSA) is 65.0 Å². The van der Waals surface area contributed by atoms with Gasteiger partial charge in [-0.3, -0.25) is 0 Å². The van der Waals surface area contributed by atoms with Crippen molar-refractivity contribution in [1.29, 1.82) is 0 Å². The molecule has 168 valence electrons. The zero-order chi connectivity index (χ0) is 23.8. The molecule has 0 atom stereocenters.